The Kier molecular flexibility index (Phi) is 3.17. The Balaban J connectivity index is 2.06. The quantitative estimate of drug-likeness (QED) is 0.649. The molecule has 0 unspecified atom stereocenters. The number of rotatable bonds is 2. The lowest BCUT2D eigenvalue weighted by atomic mass is 10.3. The van der Waals surface area contributed by atoms with Crippen LogP contribution >= 0.6 is 27.5 Å². The molecule has 0 radical (unpaired) electrons. The molecule has 80 valence electrons. The molecule has 0 aromatic heterocycles. The summed E-state index contributed by atoms with van der Waals surface area (Å²) in [5, 5.41) is 3.70. The van der Waals surface area contributed by atoms with Crippen LogP contribution in [0.4, 0.5) is 5.69 Å². The van der Waals surface area contributed by atoms with E-state index in [-0.39, 0.29) is 0 Å². The summed E-state index contributed by atoms with van der Waals surface area (Å²) in [5.41, 5.74) is 6.61. The van der Waals surface area contributed by atoms with Gasteiger partial charge in [-0.05, 0) is 47.0 Å². The van der Waals surface area contributed by atoms with Crippen molar-refractivity contribution < 1.29 is 0 Å². The Labute approximate surface area is 102 Å². The summed E-state index contributed by atoms with van der Waals surface area (Å²) in [7, 11) is 0. The second kappa shape index (κ2) is 4.41. The van der Waals surface area contributed by atoms with Crippen LogP contribution in [0.5, 0.6) is 0 Å². The molecule has 0 bridgehead atoms. The molecule has 0 amide bonds. The summed E-state index contributed by atoms with van der Waals surface area (Å²) in [6.07, 6.45) is 2.29. The van der Waals surface area contributed by atoms with Crippen LogP contribution in [-0.4, -0.2) is 12.0 Å². The Hall–Kier alpha value is -0.740. The highest BCUT2D eigenvalue weighted by Gasteiger charge is 2.20. The zero-order valence-electron chi connectivity index (χ0n) is 8.00. The van der Waals surface area contributed by atoms with Gasteiger partial charge in [0.1, 0.15) is 0 Å². The van der Waals surface area contributed by atoms with Crippen molar-refractivity contribution in [3.63, 3.8) is 0 Å². The number of benzene rings is 1. The molecule has 0 atom stereocenters. The number of hydrogen-bond donors (Lipinski definition) is 2. The monoisotopic (exact) mass is 287 g/mol. The molecule has 15 heavy (non-hydrogen) atoms. The first kappa shape index (κ1) is 10.8. The van der Waals surface area contributed by atoms with Gasteiger partial charge < -0.3 is 11.1 Å². The van der Waals surface area contributed by atoms with E-state index >= 15 is 0 Å². The smallest absolute Gasteiger partial charge is 0.193 e. The van der Waals surface area contributed by atoms with Crippen LogP contribution in [0.25, 0.3) is 0 Å². The van der Waals surface area contributed by atoms with Gasteiger partial charge >= 0.3 is 0 Å². The highest BCUT2D eigenvalue weighted by Crippen LogP contribution is 2.26. The zero-order chi connectivity index (χ0) is 10.8. The van der Waals surface area contributed by atoms with Gasteiger partial charge in [-0.25, -0.2) is 4.99 Å². The molecule has 3 N–H and O–H groups in total. The van der Waals surface area contributed by atoms with Gasteiger partial charge in [-0.15, -0.1) is 0 Å². The van der Waals surface area contributed by atoms with Crippen LogP contribution in [0.15, 0.2) is 27.7 Å². The third-order valence-corrected chi connectivity index (χ3v) is 3.27. The fourth-order valence-corrected chi connectivity index (χ4v) is 1.65. The largest absolute Gasteiger partial charge is 0.370 e. The standard InChI is InChI=1S/C10H11BrClN3/c11-8-5-7(3-4-9(8)12)15-10(13)14-6-1-2-6/h3-6H,1-2H2,(H3,13,14,15). The van der Waals surface area contributed by atoms with Gasteiger partial charge in [0.2, 0.25) is 0 Å². The minimum absolute atomic E-state index is 0.424. The van der Waals surface area contributed by atoms with Crippen molar-refractivity contribution in [3.05, 3.63) is 27.7 Å². The maximum absolute atomic E-state index is 5.88. The molecule has 5 heteroatoms. The molecule has 2 rings (SSSR count). The SMILES string of the molecule is NC(=NC1CC1)Nc1ccc(Cl)c(Br)c1. The van der Waals surface area contributed by atoms with Crippen LogP contribution in [-0.2, 0) is 0 Å². The molecule has 1 aromatic rings. The van der Waals surface area contributed by atoms with E-state index in [9.17, 15) is 0 Å². The van der Waals surface area contributed by atoms with Crippen LogP contribution in [0.3, 0.4) is 0 Å². The highest BCUT2D eigenvalue weighted by molar-refractivity contribution is 9.10. The summed E-state index contributed by atoms with van der Waals surface area (Å²) in [6, 6.07) is 5.96. The highest BCUT2D eigenvalue weighted by atomic mass is 79.9. The van der Waals surface area contributed by atoms with Crippen molar-refractivity contribution in [3.8, 4) is 0 Å². The molecule has 0 heterocycles. The van der Waals surface area contributed by atoms with Gasteiger partial charge in [0, 0.05) is 10.2 Å². The summed E-state index contributed by atoms with van der Waals surface area (Å²) < 4.78 is 0.841. The number of aliphatic imine (C=N–C) groups is 1. The summed E-state index contributed by atoms with van der Waals surface area (Å²) in [6.45, 7) is 0. The van der Waals surface area contributed by atoms with Crippen molar-refractivity contribution in [2.45, 2.75) is 18.9 Å². The van der Waals surface area contributed by atoms with Crippen molar-refractivity contribution in [2.24, 2.45) is 10.7 Å². The molecule has 3 nitrogen and oxygen atoms in total. The number of halogens is 2. The van der Waals surface area contributed by atoms with E-state index < -0.39 is 0 Å². The number of guanidine groups is 1. The first-order chi connectivity index (χ1) is 7.15. The normalized spacial score (nSPS) is 16.5. The predicted octanol–water partition coefficient (Wildman–Crippen LogP) is 2.99. The lowest BCUT2D eigenvalue weighted by Crippen LogP contribution is -2.22. The second-order valence-corrected chi connectivity index (χ2v) is 4.76. The first-order valence-electron chi connectivity index (χ1n) is 4.70. The zero-order valence-corrected chi connectivity index (χ0v) is 10.3. The molecular formula is C10H11BrClN3. The van der Waals surface area contributed by atoms with E-state index in [0.29, 0.717) is 17.0 Å². The molecule has 1 aromatic carbocycles. The summed E-state index contributed by atoms with van der Waals surface area (Å²) in [5.74, 6) is 0.465. The van der Waals surface area contributed by atoms with E-state index in [2.05, 4.69) is 26.2 Å². The Morgan fingerprint density at radius 3 is 2.87 bits per heavy atom. The number of nitrogens with two attached hydrogens (primary N) is 1. The maximum Gasteiger partial charge on any atom is 0.193 e. The molecule has 1 aliphatic carbocycles. The maximum atomic E-state index is 5.88. The van der Waals surface area contributed by atoms with Crippen molar-refractivity contribution in [1.82, 2.24) is 0 Å². The Bertz CT molecular complexity index is 402. The summed E-state index contributed by atoms with van der Waals surface area (Å²) in [4.78, 5) is 4.27. The fraction of sp³-hybridized carbons (Fsp3) is 0.300. The van der Waals surface area contributed by atoms with E-state index in [1.54, 1.807) is 6.07 Å². The van der Waals surface area contributed by atoms with Crippen LogP contribution < -0.4 is 11.1 Å². The average molecular weight is 289 g/mol. The van der Waals surface area contributed by atoms with Crippen LogP contribution in [0, 0.1) is 0 Å². The summed E-state index contributed by atoms with van der Waals surface area (Å²) >= 11 is 9.22. The molecule has 1 aliphatic rings. The van der Waals surface area contributed by atoms with Gasteiger partial charge in [-0.1, -0.05) is 11.6 Å². The topological polar surface area (TPSA) is 50.4 Å². The fourth-order valence-electron chi connectivity index (χ4n) is 1.15. The van der Waals surface area contributed by atoms with Gasteiger partial charge in [0.25, 0.3) is 0 Å². The van der Waals surface area contributed by atoms with E-state index in [1.165, 1.54) is 0 Å². The molecule has 1 fully saturated rings. The Morgan fingerprint density at radius 1 is 1.53 bits per heavy atom. The number of nitrogens with one attached hydrogen (secondary N) is 1. The molecular weight excluding hydrogens is 277 g/mol. The third kappa shape index (κ3) is 3.11. The first-order valence-corrected chi connectivity index (χ1v) is 5.87. The van der Waals surface area contributed by atoms with E-state index in [4.69, 9.17) is 17.3 Å². The molecule has 0 spiro atoms. The number of hydrogen-bond acceptors (Lipinski definition) is 1. The van der Waals surface area contributed by atoms with E-state index in [1.807, 2.05) is 12.1 Å². The number of nitrogens with zero attached hydrogens (tertiary/aromatic N) is 1. The minimum Gasteiger partial charge on any atom is -0.370 e. The van der Waals surface area contributed by atoms with Crippen LogP contribution in [0.1, 0.15) is 12.8 Å². The third-order valence-electron chi connectivity index (χ3n) is 2.06. The second-order valence-electron chi connectivity index (χ2n) is 3.50. The predicted molar refractivity (Wildman–Crippen MR) is 67.4 cm³/mol. The average Bonchev–Trinajstić information content (AvgIpc) is 2.95. The number of anilines is 1. The molecule has 0 aliphatic heterocycles. The van der Waals surface area contributed by atoms with Crippen molar-refractivity contribution in [2.75, 3.05) is 5.32 Å². The van der Waals surface area contributed by atoms with E-state index in [0.717, 1.165) is 23.0 Å². The van der Waals surface area contributed by atoms with Crippen molar-refractivity contribution >= 4 is 39.2 Å². The van der Waals surface area contributed by atoms with Gasteiger partial charge in [0.15, 0.2) is 5.96 Å². The Morgan fingerprint density at radius 2 is 2.27 bits per heavy atom. The lowest BCUT2D eigenvalue weighted by Gasteiger charge is -2.06. The van der Waals surface area contributed by atoms with Crippen molar-refractivity contribution in [1.29, 1.82) is 0 Å². The minimum atomic E-state index is 0.424. The van der Waals surface area contributed by atoms with Gasteiger partial charge in [-0.2, -0.15) is 0 Å². The van der Waals surface area contributed by atoms with Crippen LogP contribution in [0.2, 0.25) is 5.02 Å². The lowest BCUT2D eigenvalue weighted by molar-refractivity contribution is 1.06. The molecule has 0 saturated heterocycles. The van der Waals surface area contributed by atoms with Gasteiger partial charge in [-0.3, -0.25) is 0 Å². The van der Waals surface area contributed by atoms with Gasteiger partial charge in [0.05, 0.1) is 11.1 Å². The molecule has 1 saturated carbocycles.